The first kappa shape index (κ1) is 13.1. The zero-order valence-corrected chi connectivity index (χ0v) is 12.7. The van der Waals surface area contributed by atoms with Crippen LogP contribution in [0.25, 0.3) is 0 Å². The lowest BCUT2D eigenvalue weighted by Gasteiger charge is -2.41. The molecule has 2 aromatic rings. The average molecular weight is 304 g/mol. The quantitative estimate of drug-likeness (QED) is 0.600. The van der Waals surface area contributed by atoms with E-state index in [9.17, 15) is 4.79 Å². The second-order valence-electron chi connectivity index (χ2n) is 6.36. The van der Waals surface area contributed by atoms with Gasteiger partial charge in [0.05, 0.1) is 13.2 Å². The standard InChI is InChI=1S/C20H16O3/c1-22-19(21)20-14-8-4-2-6-12(14)18(16-10-11-17(20)23-16)13-7-3-5-9-15(13)20/h2-11,16-18H,1H3. The molecule has 0 fully saturated rings. The van der Waals surface area contributed by atoms with Gasteiger partial charge in [-0.05, 0) is 22.3 Å². The second-order valence-corrected chi connectivity index (χ2v) is 6.36. The van der Waals surface area contributed by atoms with Crippen LogP contribution in [0.5, 0.6) is 0 Å². The number of esters is 1. The van der Waals surface area contributed by atoms with Gasteiger partial charge in [-0.1, -0.05) is 60.7 Å². The molecule has 1 aliphatic carbocycles. The number of rotatable bonds is 1. The average Bonchev–Trinajstić information content (AvgIpc) is 2.98. The molecular formula is C20H16O3. The van der Waals surface area contributed by atoms with Gasteiger partial charge in [-0.15, -0.1) is 0 Å². The third-order valence-electron chi connectivity index (χ3n) is 5.48. The maximum Gasteiger partial charge on any atom is 0.323 e. The van der Waals surface area contributed by atoms with Crippen molar-refractivity contribution in [2.24, 2.45) is 0 Å². The highest BCUT2D eigenvalue weighted by Crippen LogP contribution is 2.56. The number of carbonyl (C=O) groups excluding carboxylic acids is 1. The highest BCUT2D eigenvalue weighted by Gasteiger charge is 2.60. The topological polar surface area (TPSA) is 35.5 Å². The van der Waals surface area contributed by atoms with Gasteiger partial charge in [-0.2, -0.15) is 0 Å². The van der Waals surface area contributed by atoms with Crippen LogP contribution in [0.15, 0.2) is 60.7 Å². The summed E-state index contributed by atoms with van der Waals surface area (Å²) >= 11 is 0. The SMILES string of the molecule is COC(=O)C12c3ccccc3C(c3ccccc31)C1C=CC2O1. The normalized spacial score (nSPS) is 32.1. The molecule has 23 heavy (non-hydrogen) atoms. The fourth-order valence-electron chi connectivity index (χ4n) is 4.63. The van der Waals surface area contributed by atoms with Crippen molar-refractivity contribution in [2.45, 2.75) is 23.5 Å². The fraction of sp³-hybridized carbons (Fsp3) is 0.250. The summed E-state index contributed by atoms with van der Waals surface area (Å²) in [5.41, 5.74) is 3.47. The lowest BCUT2D eigenvalue weighted by Crippen LogP contribution is -2.49. The number of hydrogen-bond donors (Lipinski definition) is 0. The van der Waals surface area contributed by atoms with Crippen molar-refractivity contribution in [3.8, 4) is 0 Å². The van der Waals surface area contributed by atoms with E-state index in [1.54, 1.807) is 0 Å². The van der Waals surface area contributed by atoms with Gasteiger partial charge in [-0.25, -0.2) is 0 Å². The van der Waals surface area contributed by atoms with Gasteiger partial charge in [0.1, 0.15) is 11.5 Å². The van der Waals surface area contributed by atoms with Crippen molar-refractivity contribution in [1.82, 2.24) is 0 Å². The van der Waals surface area contributed by atoms with Crippen LogP contribution in [-0.4, -0.2) is 25.3 Å². The maximum atomic E-state index is 13.1. The summed E-state index contributed by atoms with van der Waals surface area (Å²) < 4.78 is 11.6. The minimum absolute atomic E-state index is 0.0312. The molecule has 0 amide bonds. The summed E-state index contributed by atoms with van der Waals surface area (Å²) in [7, 11) is 1.45. The first-order chi connectivity index (χ1) is 11.3. The molecular weight excluding hydrogens is 288 g/mol. The van der Waals surface area contributed by atoms with E-state index in [0.29, 0.717) is 0 Å². The molecule has 4 aliphatic rings. The highest BCUT2D eigenvalue weighted by molar-refractivity contribution is 5.92. The summed E-state index contributed by atoms with van der Waals surface area (Å²) in [4.78, 5) is 13.1. The number of benzene rings is 2. The molecule has 0 saturated heterocycles. The Morgan fingerprint density at radius 3 is 2.22 bits per heavy atom. The van der Waals surface area contributed by atoms with E-state index < -0.39 is 5.41 Å². The largest absolute Gasteiger partial charge is 0.468 e. The zero-order valence-electron chi connectivity index (χ0n) is 12.7. The summed E-state index contributed by atoms with van der Waals surface area (Å²) in [6.07, 6.45) is 3.77. The van der Waals surface area contributed by atoms with Crippen LogP contribution in [0.3, 0.4) is 0 Å². The molecule has 114 valence electrons. The molecule has 3 heteroatoms. The van der Waals surface area contributed by atoms with Crippen molar-refractivity contribution in [3.63, 3.8) is 0 Å². The fourth-order valence-corrected chi connectivity index (χ4v) is 4.63. The van der Waals surface area contributed by atoms with Crippen LogP contribution < -0.4 is 0 Å². The summed E-state index contributed by atoms with van der Waals surface area (Å²) in [5, 5.41) is 0. The third-order valence-corrected chi connectivity index (χ3v) is 5.48. The van der Waals surface area contributed by atoms with Crippen molar-refractivity contribution in [1.29, 1.82) is 0 Å². The summed E-state index contributed by atoms with van der Waals surface area (Å²) in [6, 6.07) is 16.4. The van der Waals surface area contributed by atoms with E-state index in [0.717, 1.165) is 11.1 Å². The van der Waals surface area contributed by atoms with Crippen molar-refractivity contribution in [3.05, 3.63) is 82.9 Å². The number of hydrogen-bond acceptors (Lipinski definition) is 3. The van der Waals surface area contributed by atoms with Gasteiger partial charge in [0.15, 0.2) is 0 Å². The van der Waals surface area contributed by atoms with Gasteiger partial charge < -0.3 is 9.47 Å². The second kappa shape index (κ2) is 4.33. The van der Waals surface area contributed by atoms with E-state index in [-0.39, 0.29) is 24.1 Å². The first-order valence-electron chi connectivity index (χ1n) is 7.89. The molecule has 0 aromatic heterocycles. The van der Waals surface area contributed by atoms with E-state index in [1.165, 1.54) is 18.2 Å². The van der Waals surface area contributed by atoms with Gasteiger partial charge in [0, 0.05) is 5.92 Å². The highest BCUT2D eigenvalue weighted by atomic mass is 16.5. The smallest absolute Gasteiger partial charge is 0.323 e. The van der Waals surface area contributed by atoms with Gasteiger partial charge in [-0.3, -0.25) is 4.79 Å². The molecule has 6 rings (SSSR count). The Morgan fingerprint density at radius 1 is 1.00 bits per heavy atom. The number of methoxy groups -OCH3 is 1. The van der Waals surface area contributed by atoms with Crippen LogP contribution in [0.1, 0.15) is 28.2 Å². The van der Waals surface area contributed by atoms with Gasteiger partial charge in [0.25, 0.3) is 0 Å². The summed E-state index contributed by atoms with van der Waals surface area (Å²) in [5.74, 6) is -0.128. The predicted molar refractivity (Wildman–Crippen MR) is 85.3 cm³/mol. The Balaban J connectivity index is 1.97. The molecule has 2 atom stereocenters. The Labute approximate surface area is 134 Å². The minimum atomic E-state index is -0.916. The maximum absolute atomic E-state index is 13.1. The zero-order chi connectivity index (χ0) is 15.6. The molecule has 0 saturated carbocycles. The number of carbonyl (C=O) groups is 1. The van der Waals surface area contributed by atoms with E-state index in [2.05, 4.69) is 18.2 Å². The van der Waals surface area contributed by atoms with E-state index >= 15 is 0 Å². The summed E-state index contributed by atoms with van der Waals surface area (Å²) in [6.45, 7) is 0. The van der Waals surface area contributed by atoms with Gasteiger partial charge >= 0.3 is 5.97 Å². The van der Waals surface area contributed by atoms with Crippen molar-refractivity contribution in [2.75, 3.05) is 7.11 Å². The molecule has 3 aliphatic heterocycles. The van der Waals surface area contributed by atoms with Crippen LogP contribution in [0.2, 0.25) is 0 Å². The van der Waals surface area contributed by atoms with Gasteiger partial charge in [0.2, 0.25) is 0 Å². The predicted octanol–water partition coefficient (Wildman–Crippen LogP) is 2.93. The van der Waals surface area contributed by atoms with Crippen LogP contribution >= 0.6 is 0 Å². The van der Waals surface area contributed by atoms with Crippen LogP contribution in [0.4, 0.5) is 0 Å². The first-order valence-corrected chi connectivity index (χ1v) is 7.89. The Morgan fingerprint density at radius 2 is 1.61 bits per heavy atom. The molecule has 0 spiro atoms. The Hall–Kier alpha value is -2.39. The van der Waals surface area contributed by atoms with E-state index in [1.807, 2.05) is 42.5 Å². The molecule has 4 bridgehead atoms. The molecule has 3 nitrogen and oxygen atoms in total. The minimum Gasteiger partial charge on any atom is -0.468 e. The lowest BCUT2D eigenvalue weighted by molar-refractivity contribution is -0.150. The van der Waals surface area contributed by atoms with Crippen molar-refractivity contribution < 1.29 is 14.3 Å². The van der Waals surface area contributed by atoms with Crippen LogP contribution in [0, 0.1) is 0 Å². The molecule has 2 aromatic carbocycles. The number of ether oxygens (including phenoxy) is 2. The Bertz CT molecular complexity index is 804. The Kier molecular flexibility index (Phi) is 2.46. The third kappa shape index (κ3) is 1.37. The van der Waals surface area contributed by atoms with Crippen LogP contribution in [-0.2, 0) is 19.7 Å². The van der Waals surface area contributed by atoms with Crippen molar-refractivity contribution >= 4 is 5.97 Å². The molecule has 3 heterocycles. The molecule has 0 radical (unpaired) electrons. The molecule has 0 N–H and O–H groups in total. The molecule has 2 unspecified atom stereocenters. The van der Waals surface area contributed by atoms with E-state index in [4.69, 9.17) is 9.47 Å². The lowest BCUT2D eigenvalue weighted by atomic mass is 9.60. The monoisotopic (exact) mass is 304 g/mol.